The summed E-state index contributed by atoms with van der Waals surface area (Å²) >= 11 is 0. The number of rotatable bonds is 8. The van der Waals surface area contributed by atoms with E-state index in [0.29, 0.717) is 0 Å². The van der Waals surface area contributed by atoms with E-state index in [2.05, 4.69) is 0 Å². The molecule has 0 spiro atoms. The molecule has 0 aliphatic heterocycles. The predicted octanol–water partition coefficient (Wildman–Crippen LogP) is -5.23. The van der Waals surface area contributed by atoms with Crippen LogP contribution in [-0.2, 0) is 24.0 Å². The maximum absolute atomic E-state index is 10.3. The van der Waals surface area contributed by atoms with Crippen molar-refractivity contribution >= 4 is 29.8 Å². The summed E-state index contributed by atoms with van der Waals surface area (Å²) in [6.07, 6.45) is -4.83. The van der Waals surface area contributed by atoms with E-state index in [4.69, 9.17) is 35.7 Å². The van der Waals surface area contributed by atoms with Gasteiger partial charge in [0.1, 0.15) is 0 Å². The van der Waals surface area contributed by atoms with Crippen molar-refractivity contribution in [2.24, 2.45) is 0 Å². The normalized spacial score (nSPS) is 11.0. The van der Waals surface area contributed by atoms with Crippen molar-refractivity contribution in [2.45, 2.75) is 31.0 Å². The van der Waals surface area contributed by atoms with Gasteiger partial charge in [0.25, 0.3) is 0 Å². The minimum Gasteiger partial charge on any atom is -1.00 e. The Morgan fingerprint density at radius 3 is 1.30 bits per heavy atom. The fraction of sp³-hybridized carbons (Fsp3) is 0.500. The van der Waals surface area contributed by atoms with Crippen LogP contribution < -0.4 is 51.4 Å². The number of aliphatic hydroxyl groups excluding tert-OH is 1. The average Bonchev–Trinajstić information content (AvgIpc) is 2.25. The molecule has 0 aromatic rings. The zero-order chi connectivity index (χ0) is 18.1. The Labute approximate surface area is 172 Å². The van der Waals surface area contributed by atoms with Crippen LogP contribution >= 0.6 is 0 Å². The smallest absolute Gasteiger partial charge is 1.00 e. The number of aliphatic carboxylic acids is 5. The molecule has 0 aromatic heterocycles. The fourth-order valence-electron chi connectivity index (χ4n) is 0.967. The molecule has 128 valence electrons. The second kappa shape index (κ2) is 12.3. The monoisotopic (exact) mass is 366 g/mol. The zero-order valence-corrected chi connectivity index (χ0v) is 15.0. The first-order valence-electron chi connectivity index (χ1n) is 5.34. The summed E-state index contributed by atoms with van der Waals surface area (Å²) in [5.74, 6) is -7.86. The second-order valence-corrected chi connectivity index (χ2v) is 3.93. The van der Waals surface area contributed by atoms with Gasteiger partial charge in [0.05, 0.1) is 19.3 Å². The Hall–Kier alpha value is -1.09. The molecule has 12 nitrogen and oxygen atoms in total. The van der Waals surface area contributed by atoms with Crippen molar-refractivity contribution in [2.75, 3.05) is 0 Å². The van der Waals surface area contributed by atoms with E-state index in [-0.39, 0.29) is 52.8 Å². The zero-order valence-electron chi connectivity index (χ0n) is 12.9. The summed E-state index contributed by atoms with van der Waals surface area (Å²) in [4.78, 5) is 49.9. The number of hydrogen-bond acceptors (Lipinski definition) is 7. The summed E-state index contributed by atoms with van der Waals surface area (Å²) < 4.78 is 0. The van der Waals surface area contributed by atoms with E-state index in [1.165, 1.54) is 0 Å². The third-order valence-electron chi connectivity index (χ3n) is 1.94. The first-order chi connectivity index (χ1) is 9.81. The van der Waals surface area contributed by atoms with Crippen LogP contribution in [0.4, 0.5) is 0 Å². The molecule has 0 saturated carbocycles. The van der Waals surface area contributed by atoms with E-state index in [1.54, 1.807) is 0 Å². The van der Waals surface area contributed by atoms with E-state index in [9.17, 15) is 24.0 Å². The standard InChI is InChI=1S/C6H8O7.C4H6O5.K.H/c7-3(8)1-6(13,5(11)12)2-4(9)10;5-2(4(8)9)1-3(6)7;;/h13H,1-2H2,(H,7,8)(H,9,10)(H,11,12);2,5H,1H2,(H,6,7)(H,8,9);;/q;;+1;-1. The van der Waals surface area contributed by atoms with Crippen LogP contribution in [0.2, 0.25) is 0 Å². The van der Waals surface area contributed by atoms with Crippen molar-refractivity contribution in [1.82, 2.24) is 0 Å². The first-order valence-corrected chi connectivity index (χ1v) is 5.34. The summed E-state index contributed by atoms with van der Waals surface area (Å²) in [7, 11) is 0. The van der Waals surface area contributed by atoms with Gasteiger partial charge in [-0.05, 0) is 0 Å². The molecule has 0 aliphatic carbocycles. The molecular weight excluding hydrogens is 351 g/mol. The Bertz CT molecular complexity index is 449. The number of carboxylic acid groups (broad SMARTS) is 5. The van der Waals surface area contributed by atoms with Gasteiger partial charge < -0.3 is 37.2 Å². The van der Waals surface area contributed by atoms with Crippen LogP contribution in [0.5, 0.6) is 0 Å². The molecule has 0 rings (SSSR count). The van der Waals surface area contributed by atoms with E-state index >= 15 is 0 Å². The average molecular weight is 366 g/mol. The summed E-state index contributed by atoms with van der Waals surface area (Å²) in [5.41, 5.74) is -2.74. The Morgan fingerprint density at radius 2 is 1.17 bits per heavy atom. The maximum Gasteiger partial charge on any atom is 1.00 e. The van der Waals surface area contributed by atoms with Gasteiger partial charge in [-0.2, -0.15) is 0 Å². The predicted molar refractivity (Wildman–Crippen MR) is 64.1 cm³/mol. The summed E-state index contributed by atoms with van der Waals surface area (Å²) in [6, 6.07) is 0. The summed E-state index contributed by atoms with van der Waals surface area (Å²) in [5, 5.41) is 58.0. The van der Waals surface area contributed by atoms with Gasteiger partial charge in [-0.3, -0.25) is 14.4 Å². The van der Waals surface area contributed by atoms with Crippen molar-refractivity contribution in [1.29, 1.82) is 0 Å². The van der Waals surface area contributed by atoms with Crippen LogP contribution in [0.3, 0.4) is 0 Å². The minimum absolute atomic E-state index is 0. The molecule has 0 bridgehead atoms. The van der Waals surface area contributed by atoms with Crippen LogP contribution in [-0.4, -0.2) is 77.3 Å². The molecule has 1 atom stereocenters. The van der Waals surface area contributed by atoms with Crippen LogP contribution in [0.15, 0.2) is 0 Å². The van der Waals surface area contributed by atoms with Crippen LogP contribution in [0.25, 0.3) is 0 Å². The van der Waals surface area contributed by atoms with Gasteiger partial charge in [0, 0.05) is 0 Å². The van der Waals surface area contributed by atoms with Gasteiger partial charge in [-0.1, -0.05) is 0 Å². The molecule has 0 aliphatic rings. The fourth-order valence-corrected chi connectivity index (χ4v) is 0.967. The molecule has 13 heteroatoms. The van der Waals surface area contributed by atoms with E-state index in [1.807, 2.05) is 0 Å². The van der Waals surface area contributed by atoms with Crippen LogP contribution in [0.1, 0.15) is 20.7 Å². The van der Waals surface area contributed by atoms with Gasteiger partial charge in [0.15, 0.2) is 11.7 Å². The Kier molecular flexibility index (Phi) is 14.4. The van der Waals surface area contributed by atoms with Gasteiger partial charge in [-0.25, -0.2) is 9.59 Å². The topological polar surface area (TPSA) is 227 Å². The van der Waals surface area contributed by atoms with E-state index in [0.717, 1.165) is 0 Å². The number of hydrogen-bond donors (Lipinski definition) is 7. The number of aliphatic hydroxyl groups is 2. The molecule has 7 N–H and O–H groups in total. The Balaban J connectivity index is -0.000000162. The van der Waals surface area contributed by atoms with Crippen molar-refractivity contribution in [3.63, 3.8) is 0 Å². The molecule has 0 saturated heterocycles. The van der Waals surface area contributed by atoms with Gasteiger partial charge >= 0.3 is 81.2 Å². The quantitative estimate of drug-likeness (QED) is 0.200. The minimum atomic E-state index is -2.74. The third-order valence-corrected chi connectivity index (χ3v) is 1.94. The first kappa shape index (κ1) is 26.8. The van der Waals surface area contributed by atoms with Crippen molar-refractivity contribution in [3.8, 4) is 0 Å². The number of carboxylic acids is 5. The molecule has 0 amide bonds. The van der Waals surface area contributed by atoms with Gasteiger partial charge in [0.2, 0.25) is 0 Å². The maximum atomic E-state index is 10.3. The van der Waals surface area contributed by atoms with Gasteiger partial charge in [-0.15, -0.1) is 0 Å². The summed E-state index contributed by atoms with van der Waals surface area (Å²) in [6.45, 7) is 0. The molecule has 1 unspecified atom stereocenters. The van der Waals surface area contributed by atoms with Crippen LogP contribution in [0, 0.1) is 0 Å². The second-order valence-electron chi connectivity index (χ2n) is 3.93. The molecule has 0 aromatic carbocycles. The van der Waals surface area contributed by atoms with E-state index < -0.39 is 60.8 Å². The molecular formula is C10H15KO12. The molecule has 0 fully saturated rings. The van der Waals surface area contributed by atoms with Crippen molar-refractivity contribution < 1.29 is 113 Å². The molecule has 0 heterocycles. The number of carbonyl (C=O) groups is 5. The third kappa shape index (κ3) is 14.2. The molecule has 0 radical (unpaired) electrons. The Morgan fingerprint density at radius 1 is 0.826 bits per heavy atom. The molecule has 23 heavy (non-hydrogen) atoms. The largest absolute Gasteiger partial charge is 1.00 e. The van der Waals surface area contributed by atoms with Crippen molar-refractivity contribution in [3.05, 3.63) is 0 Å². The SMILES string of the molecule is O=C(O)CC(O)(CC(=O)O)C(=O)O.O=C(O)CC(O)C(=O)O.[H-].[K+].